The van der Waals surface area contributed by atoms with E-state index in [2.05, 4.69) is 24.5 Å². The number of hydrogen-bond acceptors (Lipinski definition) is 5. The smallest absolute Gasteiger partial charge is 0.407 e. The van der Waals surface area contributed by atoms with Crippen LogP contribution in [0.5, 0.6) is 0 Å². The summed E-state index contributed by atoms with van der Waals surface area (Å²) < 4.78 is 5.29. The first-order chi connectivity index (χ1) is 11.6. The van der Waals surface area contributed by atoms with E-state index in [4.69, 9.17) is 4.74 Å². The van der Waals surface area contributed by atoms with E-state index in [1.165, 1.54) is 4.90 Å². The summed E-state index contributed by atoms with van der Waals surface area (Å²) in [5.74, 6) is 0.253. The van der Waals surface area contributed by atoms with Gasteiger partial charge in [0.05, 0.1) is 6.54 Å². The van der Waals surface area contributed by atoms with Crippen LogP contribution in [0.15, 0.2) is 0 Å². The lowest BCUT2D eigenvalue weighted by molar-refractivity contribution is -0.153. The second kappa shape index (κ2) is 9.97. The third-order valence-electron chi connectivity index (χ3n) is 4.10. The summed E-state index contributed by atoms with van der Waals surface area (Å²) in [4.78, 5) is 24.5. The zero-order chi connectivity index (χ0) is 19.0. The quantitative estimate of drug-likeness (QED) is 0.547. The molecular weight excluding hydrogens is 322 g/mol. The van der Waals surface area contributed by atoms with Gasteiger partial charge in [-0.05, 0) is 46.0 Å². The average molecular weight is 357 g/mol. The molecule has 0 aromatic rings. The molecule has 3 N–H and O–H groups in total. The number of rotatable bonds is 9. The lowest BCUT2D eigenvalue weighted by atomic mass is 10.0. The topological polar surface area (TPSA) is 90.9 Å². The second-order valence-electron chi connectivity index (χ2n) is 8.22. The van der Waals surface area contributed by atoms with Crippen LogP contribution in [0.3, 0.4) is 0 Å². The molecule has 7 nitrogen and oxygen atoms in total. The maximum Gasteiger partial charge on any atom is 0.407 e. The van der Waals surface area contributed by atoms with E-state index >= 15 is 0 Å². The molecule has 25 heavy (non-hydrogen) atoms. The summed E-state index contributed by atoms with van der Waals surface area (Å²) in [5, 5.41) is 15.9. The molecule has 0 spiro atoms. The summed E-state index contributed by atoms with van der Waals surface area (Å²) in [7, 11) is 0. The maximum atomic E-state index is 11.8. The molecule has 7 heteroatoms. The van der Waals surface area contributed by atoms with Crippen LogP contribution in [0.4, 0.5) is 4.79 Å². The van der Waals surface area contributed by atoms with Crippen molar-refractivity contribution in [1.82, 2.24) is 15.5 Å². The standard InChI is InChI=1S/C18H35N3O4/c1-13(2)9-14(10-19-12-16(22)25-18(3,4)5)20-11-15-7-6-8-21(15)17(23)24/h13-15,19-20H,6-12H2,1-5H3,(H,23,24)/t14?,15-/m0/s1. The summed E-state index contributed by atoms with van der Waals surface area (Å²) >= 11 is 0. The van der Waals surface area contributed by atoms with Gasteiger partial charge in [0.2, 0.25) is 0 Å². The molecule has 0 aromatic carbocycles. The SMILES string of the molecule is CC(C)CC(CNCC(=O)OC(C)(C)C)NC[C@@H]1CCCN1C(=O)O. The van der Waals surface area contributed by atoms with Crippen molar-refractivity contribution < 1.29 is 19.4 Å². The van der Waals surface area contributed by atoms with Gasteiger partial charge in [-0.2, -0.15) is 0 Å². The normalized spacial score (nSPS) is 19.3. The van der Waals surface area contributed by atoms with E-state index in [1.54, 1.807) is 0 Å². The van der Waals surface area contributed by atoms with Crippen LogP contribution in [-0.4, -0.2) is 65.9 Å². The molecule has 0 aromatic heterocycles. The second-order valence-corrected chi connectivity index (χ2v) is 8.22. The molecule has 0 radical (unpaired) electrons. The van der Waals surface area contributed by atoms with Gasteiger partial charge in [-0.1, -0.05) is 13.8 Å². The van der Waals surface area contributed by atoms with Crippen LogP contribution in [0.2, 0.25) is 0 Å². The Morgan fingerprint density at radius 2 is 2.00 bits per heavy atom. The van der Waals surface area contributed by atoms with Crippen molar-refractivity contribution in [3.8, 4) is 0 Å². The molecule has 0 bridgehead atoms. The molecule has 1 unspecified atom stereocenters. The molecule has 1 aliphatic heterocycles. The fraction of sp³-hybridized carbons (Fsp3) is 0.889. The summed E-state index contributed by atoms with van der Waals surface area (Å²) in [6.45, 7) is 12.0. The van der Waals surface area contributed by atoms with Gasteiger partial charge in [0.25, 0.3) is 0 Å². The van der Waals surface area contributed by atoms with Crippen molar-refractivity contribution in [2.24, 2.45) is 5.92 Å². The Kier molecular flexibility index (Phi) is 8.65. The van der Waals surface area contributed by atoms with E-state index in [9.17, 15) is 14.7 Å². The zero-order valence-electron chi connectivity index (χ0n) is 16.3. The van der Waals surface area contributed by atoms with Gasteiger partial charge in [0, 0.05) is 31.7 Å². The first kappa shape index (κ1) is 21.7. The number of likely N-dealkylation sites (tertiary alicyclic amines) is 1. The van der Waals surface area contributed by atoms with Crippen LogP contribution < -0.4 is 10.6 Å². The monoisotopic (exact) mass is 357 g/mol. The number of nitrogens with one attached hydrogen (secondary N) is 2. The lowest BCUT2D eigenvalue weighted by Crippen LogP contribution is -2.47. The Morgan fingerprint density at radius 3 is 2.56 bits per heavy atom. The average Bonchev–Trinajstić information content (AvgIpc) is 2.90. The van der Waals surface area contributed by atoms with E-state index in [-0.39, 0.29) is 24.6 Å². The number of nitrogens with zero attached hydrogens (tertiary/aromatic N) is 1. The van der Waals surface area contributed by atoms with Gasteiger partial charge in [-0.25, -0.2) is 4.79 Å². The fourth-order valence-electron chi connectivity index (χ4n) is 3.14. The number of carbonyl (C=O) groups is 2. The molecule has 146 valence electrons. The molecule has 2 atom stereocenters. The summed E-state index contributed by atoms with van der Waals surface area (Å²) in [6.07, 6.45) is 1.94. The molecular formula is C18H35N3O4. The molecule has 1 amide bonds. The maximum absolute atomic E-state index is 11.8. The lowest BCUT2D eigenvalue weighted by Gasteiger charge is -2.27. The highest BCUT2D eigenvalue weighted by Gasteiger charge is 2.28. The molecule has 1 heterocycles. The van der Waals surface area contributed by atoms with Gasteiger partial charge < -0.3 is 25.4 Å². The third-order valence-corrected chi connectivity index (χ3v) is 4.10. The van der Waals surface area contributed by atoms with Gasteiger partial charge in [0.1, 0.15) is 5.60 Å². The zero-order valence-corrected chi connectivity index (χ0v) is 16.3. The van der Waals surface area contributed by atoms with Crippen LogP contribution in [0, 0.1) is 5.92 Å². The van der Waals surface area contributed by atoms with Gasteiger partial charge >= 0.3 is 12.1 Å². The van der Waals surface area contributed by atoms with Crippen molar-refractivity contribution >= 4 is 12.1 Å². The number of carbonyl (C=O) groups excluding carboxylic acids is 1. The minimum Gasteiger partial charge on any atom is -0.465 e. The Labute approximate surface area is 151 Å². The Hall–Kier alpha value is -1.34. The molecule has 0 saturated carbocycles. The molecule has 1 saturated heterocycles. The number of esters is 1. The van der Waals surface area contributed by atoms with Crippen molar-refractivity contribution in [2.75, 3.05) is 26.2 Å². The highest BCUT2D eigenvalue weighted by molar-refractivity contribution is 5.72. The van der Waals surface area contributed by atoms with E-state index in [0.29, 0.717) is 25.6 Å². The molecule has 0 aliphatic carbocycles. The number of hydrogen-bond donors (Lipinski definition) is 3. The number of amides is 1. The highest BCUT2D eigenvalue weighted by atomic mass is 16.6. The van der Waals surface area contributed by atoms with Gasteiger partial charge in [-0.15, -0.1) is 0 Å². The third kappa shape index (κ3) is 9.07. The highest BCUT2D eigenvalue weighted by Crippen LogP contribution is 2.17. The van der Waals surface area contributed by atoms with Crippen LogP contribution in [0.1, 0.15) is 53.9 Å². The Morgan fingerprint density at radius 1 is 1.32 bits per heavy atom. The molecule has 1 aliphatic rings. The largest absolute Gasteiger partial charge is 0.465 e. The van der Waals surface area contributed by atoms with Crippen molar-refractivity contribution in [3.05, 3.63) is 0 Å². The minimum absolute atomic E-state index is 0.0398. The van der Waals surface area contributed by atoms with E-state index in [1.807, 2.05) is 20.8 Å². The predicted molar refractivity (Wildman–Crippen MR) is 97.7 cm³/mol. The van der Waals surface area contributed by atoms with Crippen molar-refractivity contribution in [3.63, 3.8) is 0 Å². The molecule has 1 fully saturated rings. The van der Waals surface area contributed by atoms with Crippen molar-refractivity contribution in [2.45, 2.75) is 71.6 Å². The van der Waals surface area contributed by atoms with Gasteiger partial charge in [-0.3, -0.25) is 4.79 Å². The van der Waals surface area contributed by atoms with Crippen LogP contribution in [-0.2, 0) is 9.53 Å². The van der Waals surface area contributed by atoms with E-state index in [0.717, 1.165) is 19.3 Å². The fourth-order valence-corrected chi connectivity index (χ4v) is 3.14. The Bertz CT molecular complexity index is 435. The first-order valence-corrected chi connectivity index (χ1v) is 9.24. The van der Waals surface area contributed by atoms with E-state index < -0.39 is 11.7 Å². The van der Waals surface area contributed by atoms with Gasteiger partial charge in [0.15, 0.2) is 0 Å². The summed E-state index contributed by atoms with van der Waals surface area (Å²) in [5.41, 5.74) is -0.475. The minimum atomic E-state index is -0.840. The van der Waals surface area contributed by atoms with Crippen LogP contribution in [0.25, 0.3) is 0 Å². The summed E-state index contributed by atoms with van der Waals surface area (Å²) in [6, 6.07) is 0.233. The van der Waals surface area contributed by atoms with Crippen LogP contribution >= 0.6 is 0 Å². The molecule has 1 rings (SSSR count). The first-order valence-electron chi connectivity index (χ1n) is 9.24. The predicted octanol–water partition coefficient (Wildman–Crippen LogP) is 2.06. The Balaban J connectivity index is 2.41. The number of carboxylic acid groups (broad SMARTS) is 1. The number of ether oxygens (including phenoxy) is 1. The van der Waals surface area contributed by atoms with Crippen molar-refractivity contribution in [1.29, 1.82) is 0 Å².